The van der Waals surface area contributed by atoms with Gasteiger partial charge in [-0.05, 0) is 31.4 Å². The van der Waals surface area contributed by atoms with Crippen LogP contribution in [-0.4, -0.2) is 10.8 Å². The van der Waals surface area contributed by atoms with E-state index in [0.29, 0.717) is 5.92 Å². The Labute approximate surface area is 85.4 Å². The van der Waals surface area contributed by atoms with Crippen LogP contribution in [0.5, 0.6) is 0 Å². The van der Waals surface area contributed by atoms with Gasteiger partial charge in [0.1, 0.15) is 5.78 Å². The van der Waals surface area contributed by atoms with E-state index in [0.717, 1.165) is 12.1 Å². The molecule has 0 aliphatic heterocycles. The van der Waals surface area contributed by atoms with Gasteiger partial charge in [0.2, 0.25) is 0 Å². The van der Waals surface area contributed by atoms with Crippen LogP contribution in [0.2, 0.25) is 0 Å². The fourth-order valence-electron chi connectivity index (χ4n) is 1.55. The number of hydrogen-bond donors (Lipinski definition) is 0. The van der Waals surface area contributed by atoms with E-state index in [2.05, 4.69) is 18.8 Å². The number of carbonyl (C=O) groups is 1. The van der Waals surface area contributed by atoms with Crippen molar-refractivity contribution in [1.29, 1.82) is 0 Å². The van der Waals surface area contributed by atoms with Gasteiger partial charge in [-0.1, -0.05) is 19.9 Å². The summed E-state index contributed by atoms with van der Waals surface area (Å²) >= 11 is 0. The Morgan fingerprint density at radius 1 is 1.43 bits per heavy atom. The standard InChI is InChI=1S/C12H17NO/c1-9(2)8-11(10(3)14)12-6-4-5-7-13-12/h4-7,9,11H,8H2,1-3H3. The SMILES string of the molecule is CC(=O)C(CC(C)C)c1ccccn1. The molecular weight excluding hydrogens is 174 g/mol. The van der Waals surface area contributed by atoms with E-state index in [1.165, 1.54) is 0 Å². The number of pyridine rings is 1. The topological polar surface area (TPSA) is 30.0 Å². The van der Waals surface area contributed by atoms with E-state index >= 15 is 0 Å². The molecule has 1 aromatic rings. The highest BCUT2D eigenvalue weighted by molar-refractivity contribution is 5.82. The van der Waals surface area contributed by atoms with Gasteiger partial charge >= 0.3 is 0 Å². The molecule has 1 heterocycles. The Balaban J connectivity index is 2.84. The van der Waals surface area contributed by atoms with E-state index in [1.807, 2.05) is 18.2 Å². The Morgan fingerprint density at radius 2 is 2.14 bits per heavy atom. The molecule has 0 N–H and O–H groups in total. The highest BCUT2D eigenvalue weighted by Crippen LogP contribution is 2.22. The molecular formula is C12H17NO. The molecule has 1 unspecified atom stereocenters. The number of carbonyl (C=O) groups excluding carboxylic acids is 1. The monoisotopic (exact) mass is 191 g/mol. The molecule has 14 heavy (non-hydrogen) atoms. The van der Waals surface area contributed by atoms with Gasteiger partial charge < -0.3 is 0 Å². The van der Waals surface area contributed by atoms with Crippen molar-refractivity contribution in [3.63, 3.8) is 0 Å². The number of hydrogen-bond acceptors (Lipinski definition) is 2. The molecule has 0 amide bonds. The van der Waals surface area contributed by atoms with Crippen LogP contribution in [0.4, 0.5) is 0 Å². The summed E-state index contributed by atoms with van der Waals surface area (Å²) in [4.78, 5) is 15.7. The molecule has 0 aromatic carbocycles. The average molecular weight is 191 g/mol. The maximum atomic E-state index is 11.4. The van der Waals surface area contributed by atoms with Crippen molar-refractivity contribution >= 4 is 5.78 Å². The molecule has 76 valence electrons. The fourth-order valence-corrected chi connectivity index (χ4v) is 1.55. The first-order valence-electron chi connectivity index (χ1n) is 5.02. The molecule has 0 radical (unpaired) electrons. The minimum atomic E-state index is -0.0313. The zero-order valence-corrected chi connectivity index (χ0v) is 9.03. The Bertz CT molecular complexity index is 292. The van der Waals surface area contributed by atoms with Crippen LogP contribution >= 0.6 is 0 Å². The molecule has 1 aromatic heterocycles. The van der Waals surface area contributed by atoms with Crippen molar-refractivity contribution in [2.45, 2.75) is 33.1 Å². The summed E-state index contributed by atoms with van der Waals surface area (Å²) in [6, 6.07) is 5.73. The lowest BCUT2D eigenvalue weighted by Gasteiger charge is -2.15. The lowest BCUT2D eigenvalue weighted by atomic mass is 9.91. The molecule has 0 saturated heterocycles. The molecule has 1 rings (SSSR count). The first-order chi connectivity index (χ1) is 6.61. The first kappa shape index (κ1) is 10.9. The van der Waals surface area contributed by atoms with Crippen molar-refractivity contribution < 1.29 is 4.79 Å². The summed E-state index contributed by atoms with van der Waals surface area (Å²) < 4.78 is 0. The van der Waals surface area contributed by atoms with Gasteiger partial charge in [0.15, 0.2) is 0 Å². The van der Waals surface area contributed by atoms with Gasteiger partial charge in [-0.2, -0.15) is 0 Å². The summed E-state index contributed by atoms with van der Waals surface area (Å²) in [5.41, 5.74) is 0.897. The second-order valence-electron chi connectivity index (χ2n) is 4.05. The van der Waals surface area contributed by atoms with E-state index < -0.39 is 0 Å². The minimum Gasteiger partial charge on any atom is -0.299 e. The lowest BCUT2D eigenvalue weighted by Crippen LogP contribution is -2.12. The highest BCUT2D eigenvalue weighted by atomic mass is 16.1. The van der Waals surface area contributed by atoms with Crippen LogP contribution in [0.15, 0.2) is 24.4 Å². The highest BCUT2D eigenvalue weighted by Gasteiger charge is 2.18. The normalized spacial score (nSPS) is 12.9. The number of nitrogens with zero attached hydrogens (tertiary/aromatic N) is 1. The summed E-state index contributed by atoms with van der Waals surface area (Å²) in [7, 11) is 0. The fraction of sp³-hybridized carbons (Fsp3) is 0.500. The van der Waals surface area contributed by atoms with Crippen LogP contribution in [0.25, 0.3) is 0 Å². The van der Waals surface area contributed by atoms with Crippen LogP contribution in [0.1, 0.15) is 38.8 Å². The van der Waals surface area contributed by atoms with E-state index in [4.69, 9.17) is 0 Å². The quantitative estimate of drug-likeness (QED) is 0.732. The Hall–Kier alpha value is -1.18. The maximum Gasteiger partial charge on any atom is 0.138 e. The van der Waals surface area contributed by atoms with Gasteiger partial charge in [-0.15, -0.1) is 0 Å². The summed E-state index contributed by atoms with van der Waals surface area (Å²) in [5.74, 6) is 0.694. The second kappa shape index (κ2) is 4.89. The van der Waals surface area contributed by atoms with Crippen molar-refractivity contribution in [2.24, 2.45) is 5.92 Å². The third-order valence-corrected chi connectivity index (χ3v) is 2.24. The Kier molecular flexibility index (Phi) is 3.81. The van der Waals surface area contributed by atoms with Crippen LogP contribution < -0.4 is 0 Å². The van der Waals surface area contributed by atoms with Gasteiger partial charge in [0.05, 0.1) is 11.6 Å². The number of rotatable bonds is 4. The lowest BCUT2D eigenvalue weighted by molar-refractivity contribution is -0.118. The summed E-state index contributed by atoms with van der Waals surface area (Å²) in [6.07, 6.45) is 2.62. The molecule has 2 heteroatoms. The predicted molar refractivity (Wildman–Crippen MR) is 57.1 cm³/mol. The van der Waals surface area contributed by atoms with Gasteiger partial charge in [-0.3, -0.25) is 9.78 Å². The van der Waals surface area contributed by atoms with Crippen molar-refractivity contribution in [1.82, 2.24) is 4.98 Å². The largest absolute Gasteiger partial charge is 0.299 e. The molecule has 0 saturated carbocycles. The average Bonchev–Trinajstić information content (AvgIpc) is 2.15. The van der Waals surface area contributed by atoms with Crippen molar-refractivity contribution in [2.75, 3.05) is 0 Å². The molecule has 0 spiro atoms. The number of Topliss-reactive ketones (excluding diaryl/α,β-unsaturated/α-hetero) is 1. The van der Waals surface area contributed by atoms with E-state index in [1.54, 1.807) is 13.1 Å². The van der Waals surface area contributed by atoms with Gasteiger partial charge in [0.25, 0.3) is 0 Å². The second-order valence-corrected chi connectivity index (χ2v) is 4.05. The molecule has 1 atom stereocenters. The smallest absolute Gasteiger partial charge is 0.138 e. The van der Waals surface area contributed by atoms with E-state index in [9.17, 15) is 4.79 Å². The van der Waals surface area contributed by atoms with Crippen LogP contribution in [0.3, 0.4) is 0 Å². The van der Waals surface area contributed by atoms with Crippen LogP contribution in [0, 0.1) is 5.92 Å². The van der Waals surface area contributed by atoms with Crippen molar-refractivity contribution in [3.05, 3.63) is 30.1 Å². The molecule has 0 aliphatic rings. The van der Waals surface area contributed by atoms with E-state index in [-0.39, 0.29) is 11.7 Å². The molecule has 0 fully saturated rings. The number of ketones is 1. The third kappa shape index (κ3) is 2.95. The van der Waals surface area contributed by atoms with Gasteiger partial charge in [-0.25, -0.2) is 0 Å². The van der Waals surface area contributed by atoms with Crippen molar-refractivity contribution in [3.8, 4) is 0 Å². The molecule has 0 bridgehead atoms. The zero-order chi connectivity index (χ0) is 10.6. The Morgan fingerprint density at radius 3 is 2.57 bits per heavy atom. The summed E-state index contributed by atoms with van der Waals surface area (Å²) in [5, 5.41) is 0. The molecule has 0 aliphatic carbocycles. The molecule has 2 nitrogen and oxygen atoms in total. The maximum absolute atomic E-state index is 11.4. The first-order valence-corrected chi connectivity index (χ1v) is 5.02. The number of aromatic nitrogens is 1. The summed E-state index contributed by atoms with van der Waals surface area (Å²) in [6.45, 7) is 5.89. The third-order valence-electron chi connectivity index (χ3n) is 2.24. The van der Waals surface area contributed by atoms with Crippen LogP contribution in [-0.2, 0) is 4.79 Å². The predicted octanol–water partition coefficient (Wildman–Crippen LogP) is 2.80. The van der Waals surface area contributed by atoms with Gasteiger partial charge in [0, 0.05) is 6.20 Å². The zero-order valence-electron chi connectivity index (χ0n) is 9.03. The minimum absolute atomic E-state index is 0.0313.